The summed E-state index contributed by atoms with van der Waals surface area (Å²) in [4.78, 5) is 24.6. The molecule has 0 aromatic rings. The minimum absolute atomic E-state index is 0.0162. The molecule has 3 N–H and O–H groups in total. The summed E-state index contributed by atoms with van der Waals surface area (Å²) in [6.45, 7) is 4.95. The molecule has 0 aromatic carbocycles. The largest absolute Gasteiger partial charge is 0.466 e. The maximum atomic E-state index is 12.5. The number of ether oxygens (including phenoxy) is 1. The van der Waals surface area contributed by atoms with Crippen LogP contribution in [0.4, 0.5) is 0 Å². The van der Waals surface area contributed by atoms with E-state index in [0.717, 1.165) is 38.5 Å². The highest BCUT2D eigenvalue weighted by atomic mass is 16.5. The highest BCUT2D eigenvalue weighted by molar-refractivity contribution is 5.76. The maximum absolute atomic E-state index is 12.5. The summed E-state index contributed by atoms with van der Waals surface area (Å²) < 4.78 is 5.49. The van der Waals surface area contributed by atoms with Crippen molar-refractivity contribution in [1.29, 1.82) is 0 Å². The zero-order chi connectivity index (χ0) is 55.7. The molecule has 0 aliphatic carbocycles. The van der Waals surface area contributed by atoms with Crippen LogP contribution in [0.5, 0.6) is 0 Å². The average Bonchev–Trinajstić information content (AvgIpc) is 3.43. The highest BCUT2D eigenvalue weighted by Gasteiger charge is 2.18. The van der Waals surface area contributed by atoms with Crippen molar-refractivity contribution in [1.82, 2.24) is 5.32 Å². The van der Waals surface area contributed by atoms with E-state index in [2.05, 4.69) is 19.2 Å². The number of hydrogen-bond donors (Lipinski definition) is 3. The number of hydrogen-bond acceptors (Lipinski definition) is 5. The van der Waals surface area contributed by atoms with Gasteiger partial charge in [0.05, 0.1) is 25.4 Å². The second kappa shape index (κ2) is 67.1. The third-order valence-electron chi connectivity index (χ3n) is 16.8. The number of rotatable bonds is 67. The van der Waals surface area contributed by atoms with Gasteiger partial charge in [0.15, 0.2) is 0 Å². The van der Waals surface area contributed by atoms with Gasteiger partial charge in [-0.05, 0) is 32.1 Å². The lowest BCUT2D eigenvalue weighted by Gasteiger charge is -2.20. The Morgan fingerprint density at radius 3 is 0.883 bits per heavy atom. The van der Waals surface area contributed by atoms with E-state index >= 15 is 0 Å². The predicted molar refractivity (Wildman–Crippen MR) is 338 cm³/mol. The Kier molecular flexibility index (Phi) is 65.9. The van der Waals surface area contributed by atoms with Crippen molar-refractivity contribution in [3.8, 4) is 0 Å². The van der Waals surface area contributed by atoms with E-state index in [0.29, 0.717) is 19.4 Å². The van der Waals surface area contributed by atoms with Crippen molar-refractivity contribution < 1.29 is 24.5 Å². The summed E-state index contributed by atoms with van der Waals surface area (Å²) in [5.74, 6) is -0.0468. The molecule has 0 spiro atoms. The quantitative estimate of drug-likeness (QED) is 0.0320. The van der Waals surface area contributed by atoms with Crippen LogP contribution in [0.3, 0.4) is 0 Å². The topological polar surface area (TPSA) is 95.9 Å². The molecule has 1 amide bonds. The Labute approximate surface area is 482 Å². The summed E-state index contributed by atoms with van der Waals surface area (Å²) in [7, 11) is 0. The molecule has 6 nitrogen and oxygen atoms in total. The normalized spacial score (nSPS) is 12.5. The molecule has 0 radical (unpaired) electrons. The van der Waals surface area contributed by atoms with E-state index in [1.165, 1.54) is 340 Å². The second-order valence-corrected chi connectivity index (χ2v) is 24.6. The molecule has 0 fully saturated rings. The van der Waals surface area contributed by atoms with Crippen molar-refractivity contribution in [3.63, 3.8) is 0 Å². The lowest BCUT2D eigenvalue weighted by molar-refractivity contribution is -0.143. The fourth-order valence-corrected chi connectivity index (χ4v) is 11.4. The van der Waals surface area contributed by atoms with Gasteiger partial charge >= 0.3 is 5.97 Å². The smallest absolute Gasteiger partial charge is 0.305 e. The molecular formula is C71H139NO5. The van der Waals surface area contributed by atoms with Gasteiger partial charge in [0.1, 0.15) is 0 Å². The van der Waals surface area contributed by atoms with Gasteiger partial charge in [-0.3, -0.25) is 9.59 Å². The van der Waals surface area contributed by atoms with E-state index in [9.17, 15) is 19.8 Å². The Balaban J connectivity index is 3.40. The van der Waals surface area contributed by atoms with Crippen LogP contribution in [0.25, 0.3) is 0 Å². The third-order valence-corrected chi connectivity index (χ3v) is 16.8. The fraction of sp³-hybridized carbons (Fsp3) is 0.944. The van der Waals surface area contributed by atoms with Gasteiger partial charge in [-0.2, -0.15) is 0 Å². The Bertz CT molecular complexity index is 1160. The Morgan fingerprint density at radius 1 is 0.351 bits per heavy atom. The Hall–Kier alpha value is -1.40. The lowest BCUT2D eigenvalue weighted by atomic mass is 10.0. The first-order chi connectivity index (χ1) is 38.0. The molecule has 0 saturated carbocycles. The molecule has 0 aromatic heterocycles. The van der Waals surface area contributed by atoms with Crippen LogP contribution in [-0.2, 0) is 14.3 Å². The van der Waals surface area contributed by atoms with Crippen LogP contribution in [0, 0.1) is 0 Å². The molecule has 6 heteroatoms. The first kappa shape index (κ1) is 75.6. The van der Waals surface area contributed by atoms with Gasteiger partial charge in [-0.15, -0.1) is 0 Å². The SMILES string of the molecule is CCCCCCCCCCCCCCCCCCCCCCCC/C=C/C(O)C(CO)NC(=O)CCCCCCCCCCCCCCCCCCCCCCCCOC(=O)CCCCCCCCCCCCCCCC. The van der Waals surface area contributed by atoms with E-state index in [4.69, 9.17) is 4.74 Å². The molecule has 2 atom stereocenters. The number of allylic oxidation sites excluding steroid dienone is 1. The van der Waals surface area contributed by atoms with Crippen molar-refractivity contribution >= 4 is 11.9 Å². The molecule has 0 heterocycles. The first-order valence-electron chi connectivity index (χ1n) is 35.5. The van der Waals surface area contributed by atoms with Crippen LogP contribution in [-0.4, -0.2) is 47.4 Å². The zero-order valence-electron chi connectivity index (χ0n) is 52.5. The summed E-state index contributed by atoms with van der Waals surface area (Å²) in [6, 6.07) is -0.629. The zero-order valence-corrected chi connectivity index (χ0v) is 52.5. The van der Waals surface area contributed by atoms with Gasteiger partial charge in [-0.1, -0.05) is 373 Å². The maximum Gasteiger partial charge on any atom is 0.305 e. The summed E-state index contributed by atoms with van der Waals surface area (Å²) in [5, 5.41) is 23.3. The van der Waals surface area contributed by atoms with Crippen molar-refractivity contribution in [2.75, 3.05) is 13.2 Å². The molecule has 0 aliphatic heterocycles. The van der Waals surface area contributed by atoms with Crippen LogP contribution < -0.4 is 5.32 Å². The van der Waals surface area contributed by atoms with Crippen molar-refractivity contribution in [2.24, 2.45) is 0 Å². The number of nitrogens with one attached hydrogen (secondary N) is 1. The van der Waals surface area contributed by atoms with Gasteiger partial charge in [0.25, 0.3) is 0 Å². The number of amides is 1. The Morgan fingerprint density at radius 2 is 0.597 bits per heavy atom. The van der Waals surface area contributed by atoms with Crippen molar-refractivity contribution in [3.05, 3.63) is 12.2 Å². The molecule has 0 bridgehead atoms. The van der Waals surface area contributed by atoms with Crippen molar-refractivity contribution in [2.45, 2.75) is 418 Å². The molecule has 2 unspecified atom stereocenters. The number of aliphatic hydroxyl groups excluding tert-OH is 2. The number of unbranched alkanes of at least 4 members (excludes halogenated alkanes) is 56. The van der Waals surface area contributed by atoms with E-state index in [1.54, 1.807) is 6.08 Å². The van der Waals surface area contributed by atoms with Crippen LogP contribution >= 0.6 is 0 Å². The lowest BCUT2D eigenvalue weighted by Crippen LogP contribution is -2.45. The summed E-state index contributed by atoms with van der Waals surface area (Å²) in [6.07, 6.45) is 82.9. The molecule has 458 valence electrons. The van der Waals surface area contributed by atoms with Gasteiger partial charge in [-0.25, -0.2) is 0 Å². The minimum Gasteiger partial charge on any atom is -0.466 e. The van der Waals surface area contributed by atoms with Crippen LogP contribution in [0.1, 0.15) is 406 Å². The number of carbonyl (C=O) groups excluding carboxylic acids is 2. The monoisotopic (exact) mass is 1090 g/mol. The third kappa shape index (κ3) is 63.6. The van der Waals surface area contributed by atoms with E-state index in [-0.39, 0.29) is 18.5 Å². The van der Waals surface area contributed by atoms with Gasteiger partial charge in [0, 0.05) is 12.8 Å². The molecule has 0 saturated heterocycles. The number of carbonyl (C=O) groups is 2. The molecule has 77 heavy (non-hydrogen) atoms. The second-order valence-electron chi connectivity index (χ2n) is 24.6. The highest BCUT2D eigenvalue weighted by Crippen LogP contribution is 2.19. The predicted octanol–water partition coefficient (Wildman–Crippen LogP) is 22.8. The van der Waals surface area contributed by atoms with Crippen LogP contribution in [0.2, 0.25) is 0 Å². The molecular weight excluding hydrogens is 947 g/mol. The average molecular weight is 1090 g/mol. The fourth-order valence-electron chi connectivity index (χ4n) is 11.4. The van der Waals surface area contributed by atoms with Gasteiger partial charge < -0.3 is 20.3 Å². The summed E-state index contributed by atoms with van der Waals surface area (Å²) >= 11 is 0. The van der Waals surface area contributed by atoms with E-state index < -0.39 is 12.1 Å². The van der Waals surface area contributed by atoms with Gasteiger partial charge in [0.2, 0.25) is 5.91 Å². The summed E-state index contributed by atoms with van der Waals surface area (Å²) in [5.41, 5.74) is 0. The first-order valence-corrected chi connectivity index (χ1v) is 35.5. The number of aliphatic hydroxyl groups is 2. The van der Waals surface area contributed by atoms with E-state index in [1.807, 2.05) is 6.08 Å². The van der Waals surface area contributed by atoms with Crippen LogP contribution in [0.15, 0.2) is 12.2 Å². The number of esters is 1. The minimum atomic E-state index is -0.845. The molecule has 0 rings (SSSR count). The molecule has 0 aliphatic rings. The standard InChI is InChI=1S/C71H139NO5/c1-3-5-7-9-11-13-15-17-19-20-21-22-23-24-27-30-33-36-39-43-47-51-55-59-63-69(74)68(67-73)72-70(75)64-60-56-52-48-44-40-37-34-31-28-25-26-29-32-35-38-42-46-50-54-58-62-66-77-71(76)65-61-57-53-49-45-41-18-16-14-12-10-8-6-4-2/h59,63,68-69,73-74H,3-58,60-62,64-67H2,1-2H3,(H,72,75)/b63-59+.